The van der Waals surface area contributed by atoms with Gasteiger partial charge in [-0.25, -0.2) is 0 Å². The van der Waals surface area contributed by atoms with Crippen LogP contribution in [-0.2, 0) is 6.42 Å². The van der Waals surface area contributed by atoms with Gasteiger partial charge in [0.2, 0.25) is 0 Å². The van der Waals surface area contributed by atoms with Crippen molar-refractivity contribution in [3.63, 3.8) is 0 Å². The van der Waals surface area contributed by atoms with E-state index in [-0.39, 0.29) is 0 Å². The van der Waals surface area contributed by atoms with Crippen LogP contribution in [-0.4, -0.2) is 0 Å². The molecule has 0 bridgehead atoms. The van der Waals surface area contributed by atoms with Gasteiger partial charge in [0.05, 0.1) is 0 Å². The maximum absolute atomic E-state index is 5.82. The van der Waals surface area contributed by atoms with Gasteiger partial charge in [0.15, 0.2) is 0 Å². The first-order chi connectivity index (χ1) is 8.24. The van der Waals surface area contributed by atoms with E-state index >= 15 is 0 Å². The van der Waals surface area contributed by atoms with Gasteiger partial charge >= 0.3 is 0 Å². The molecule has 1 aliphatic carbocycles. The number of nitrogen functional groups attached to an aromatic ring is 2. The summed E-state index contributed by atoms with van der Waals surface area (Å²) in [5, 5.41) is 0. The van der Waals surface area contributed by atoms with E-state index < -0.39 is 0 Å². The number of hydrogen-bond donors (Lipinski definition) is 2. The van der Waals surface area contributed by atoms with Gasteiger partial charge in [-0.1, -0.05) is 18.2 Å². The predicted molar refractivity (Wildman–Crippen MR) is 71.9 cm³/mol. The van der Waals surface area contributed by atoms with Gasteiger partial charge in [-0.3, -0.25) is 0 Å². The first kappa shape index (κ1) is 10.2. The van der Waals surface area contributed by atoms with Gasteiger partial charge in [0.1, 0.15) is 0 Å². The SMILES string of the molecule is Nc1ccc(C2CCc3cc(N)ccc32)cc1. The van der Waals surface area contributed by atoms with Crippen LogP contribution in [0.3, 0.4) is 0 Å². The summed E-state index contributed by atoms with van der Waals surface area (Å²) in [5.41, 5.74) is 17.4. The molecule has 86 valence electrons. The molecule has 0 aromatic heterocycles. The molecule has 2 aromatic rings. The van der Waals surface area contributed by atoms with Gasteiger partial charge in [-0.2, -0.15) is 0 Å². The smallest absolute Gasteiger partial charge is 0.0316 e. The Kier molecular flexibility index (Phi) is 2.29. The van der Waals surface area contributed by atoms with Gasteiger partial charge in [-0.05, 0) is 53.8 Å². The number of anilines is 2. The first-order valence-electron chi connectivity index (χ1n) is 5.98. The van der Waals surface area contributed by atoms with Gasteiger partial charge in [0.25, 0.3) is 0 Å². The van der Waals surface area contributed by atoms with Crippen molar-refractivity contribution in [1.29, 1.82) is 0 Å². The van der Waals surface area contributed by atoms with Gasteiger partial charge < -0.3 is 11.5 Å². The second-order valence-electron chi connectivity index (χ2n) is 4.72. The van der Waals surface area contributed by atoms with Gasteiger partial charge in [-0.15, -0.1) is 0 Å². The summed E-state index contributed by atoms with van der Waals surface area (Å²) in [6.07, 6.45) is 2.29. The summed E-state index contributed by atoms with van der Waals surface area (Å²) in [4.78, 5) is 0. The lowest BCUT2D eigenvalue weighted by atomic mass is 9.93. The largest absolute Gasteiger partial charge is 0.399 e. The monoisotopic (exact) mass is 224 g/mol. The lowest BCUT2D eigenvalue weighted by Gasteiger charge is -2.12. The molecule has 0 saturated carbocycles. The zero-order chi connectivity index (χ0) is 11.8. The zero-order valence-electron chi connectivity index (χ0n) is 9.69. The molecule has 0 heterocycles. The second kappa shape index (κ2) is 3.81. The maximum atomic E-state index is 5.82. The van der Waals surface area contributed by atoms with Crippen LogP contribution in [0.4, 0.5) is 11.4 Å². The number of hydrogen-bond acceptors (Lipinski definition) is 2. The summed E-state index contributed by atoms with van der Waals surface area (Å²) in [6, 6.07) is 14.5. The summed E-state index contributed by atoms with van der Waals surface area (Å²) in [5.74, 6) is 0.506. The highest BCUT2D eigenvalue weighted by Gasteiger charge is 2.23. The fourth-order valence-corrected chi connectivity index (χ4v) is 2.71. The quantitative estimate of drug-likeness (QED) is 0.732. The highest BCUT2D eigenvalue weighted by Crippen LogP contribution is 2.38. The number of fused-ring (bicyclic) bond motifs is 1. The third kappa shape index (κ3) is 1.76. The normalized spacial score (nSPS) is 18.0. The van der Waals surface area contributed by atoms with Crippen molar-refractivity contribution in [3.8, 4) is 0 Å². The molecule has 0 fully saturated rings. The van der Waals surface area contributed by atoms with Crippen LogP contribution < -0.4 is 11.5 Å². The molecule has 0 amide bonds. The number of rotatable bonds is 1. The summed E-state index contributed by atoms with van der Waals surface area (Å²) >= 11 is 0. The average molecular weight is 224 g/mol. The van der Waals surface area contributed by atoms with Crippen molar-refractivity contribution in [2.45, 2.75) is 18.8 Å². The van der Waals surface area contributed by atoms with Crippen LogP contribution in [0, 0.1) is 0 Å². The molecule has 0 aliphatic heterocycles. The maximum Gasteiger partial charge on any atom is 0.0316 e. The molecule has 1 aliphatic rings. The minimum Gasteiger partial charge on any atom is -0.399 e. The third-order valence-electron chi connectivity index (χ3n) is 3.58. The summed E-state index contributed by atoms with van der Waals surface area (Å²) in [7, 11) is 0. The fourth-order valence-electron chi connectivity index (χ4n) is 2.71. The Balaban J connectivity index is 2.01. The van der Waals surface area contributed by atoms with E-state index in [4.69, 9.17) is 11.5 Å². The van der Waals surface area contributed by atoms with Crippen LogP contribution in [0.25, 0.3) is 0 Å². The Bertz CT molecular complexity index is 543. The Morgan fingerprint density at radius 2 is 1.59 bits per heavy atom. The van der Waals surface area contributed by atoms with Crippen LogP contribution in [0.1, 0.15) is 29.0 Å². The average Bonchev–Trinajstić information content (AvgIpc) is 2.73. The number of benzene rings is 2. The predicted octanol–water partition coefficient (Wildman–Crippen LogP) is 2.93. The van der Waals surface area contributed by atoms with E-state index in [1.54, 1.807) is 0 Å². The Labute approximate surface area is 101 Å². The van der Waals surface area contributed by atoms with Crippen molar-refractivity contribution >= 4 is 11.4 Å². The van der Waals surface area contributed by atoms with Crippen LogP contribution >= 0.6 is 0 Å². The molecule has 0 radical (unpaired) electrons. The van der Waals surface area contributed by atoms with Gasteiger partial charge in [0, 0.05) is 17.3 Å². The molecule has 2 heteroatoms. The lowest BCUT2D eigenvalue weighted by Crippen LogP contribution is -1.97. The Hall–Kier alpha value is -1.96. The van der Waals surface area contributed by atoms with Crippen molar-refractivity contribution in [3.05, 3.63) is 59.2 Å². The standard InChI is InChI=1S/C15H16N2/c16-12-4-1-10(2-5-12)14-7-3-11-9-13(17)6-8-15(11)14/h1-2,4-6,8-9,14H,3,7,16-17H2. The molecular weight excluding hydrogens is 208 g/mol. The highest BCUT2D eigenvalue weighted by atomic mass is 14.5. The molecule has 4 N–H and O–H groups in total. The van der Waals surface area contributed by atoms with Crippen molar-refractivity contribution in [2.75, 3.05) is 11.5 Å². The van der Waals surface area contributed by atoms with E-state index in [1.807, 2.05) is 18.2 Å². The topological polar surface area (TPSA) is 52.0 Å². The van der Waals surface area contributed by atoms with E-state index in [0.29, 0.717) is 5.92 Å². The molecule has 1 atom stereocenters. The number of aryl methyl sites for hydroxylation is 1. The molecular formula is C15H16N2. The lowest BCUT2D eigenvalue weighted by molar-refractivity contribution is 0.788. The molecule has 0 spiro atoms. The van der Waals surface area contributed by atoms with Crippen LogP contribution in [0.5, 0.6) is 0 Å². The minimum atomic E-state index is 0.506. The zero-order valence-corrected chi connectivity index (χ0v) is 9.69. The van der Waals surface area contributed by atoms with E-state index in [2.05, 4.69) is 24.3 Å². The fraction of sp³-hybridized carbons (Fsp3) is 0.200. The first-order valence-corrected chi connectivity index (χ1v) is 5.98. The molecule has 2 nitrogen and oxygen atoms in total. The number of nitrogens with two attached hydrogens (primary N) is 2. The van der Waals surface area contributed by atoms with Crippen LogP contribution in [0.2, 0.25) is 0 Å². The second-order valence-corrected chi connectivity index (χ2v) is 4.72. The molecule has 0 saturated heterocycles. The summed E-state index contributed by atoms with van der Waals surface area (Å²) in [6.45, 7) is 0. The Morgan fingerprint density at radius 1 is 0.882 bits per heavy atom. The Morgan fingerprint density at radius 3 is 2.35 bits per heavy atom. The highest BCUT2D eigenvalue weighted by molar-refractivity contribution is 5.51. The van der Waals surface area contributed by atoms with Crippen molar-refractivity contribution in [2.24, 2.45) is 0 Å². The van der Waals surface area contributed by atoms with Crippen molar-refractivity contribution < 1.29 is 0 Å². The molecule has 3 rings (SSSR count). The minimum absolute atomic E-state index is 0.506. The molecule has 2 aromatic carbocycles. The van der Waals surface area contributed by atoms with E-state index in [9.17, 15) is 0 Å². The van der Waals surface area contributed by atoms with Crippen molar-refractivity contribution in [1.82, 2.24) is 0 Å². The van der Waals surface area contributed by atoms with E-state index in [1.165, 1.54) is 23.1 Å². The van der Waals surface area contributed by atoms with E-state index in [0.717, 1.165) is 17.8 Å². The molecule has 1 unspecified atom stereocenters. The van der Waals surface area contributed by atoms with Crippen LogP contribution in [0.15, 0.2) is 42.5 Å². The third-order valence-corrected chi connectivity index (χ3v) is 3.58. The summed E-state index contributed by atoms with van der Waals surface area (Å²) < 4.78 is 0. The molecule has 17 heavy (non-hydrogen) atoms.